The summed E-state index contributed by atoms with van der Waals surface area (Å²) in [6.45, 7) is 3.42. The molecule has 7 nitrogen and oxygen atoms in total. The number of hydrogen-bond donors (Lipinski definition) is 1. The van der Waals surface area contributed by atoms with Gasteiger partial charge in [-0.15, -0.1) is 6.58 Å². The molecule has 0 atom stereocenters. The summed E-state index contributed by atoms with van der Waals surface area (Å²) >= 11 is 0. The Hall–Kier alpha value is -2.22. The average molecular weight is 284 g/mol. The lowest BCUT2D eigenvalue weighted by molar-refractivity contribution is -0.384. The van der Waals surface area contributed by atoms with E-state index in [4.69, 9.17) is 0 Å². The molecule has 102 valence electrons. The molecule has 0 spiro atoms. The van der Waals surface area contributed by atoms with E-state index in [9.17, 15) is 23.3 Å². The van der Waals surface area contributed by atoms with E-state index in [1.54, 1.807) is 0 Å². The summed E-state index contributed by atoms with van der Waals surface area (Å²) in [4.78, 5) is 20.9. The van der Waals surface area contributed by atoms with E-state index in [0.717, 1.165) is 24.3 Å². The van der Waals surface area contributed by atoms with Crippen molar-refractivity contribution in [1.82, 2.24) is 4.72 Å². The summed E-state index contributed by atoms with van der Waals surface area (Å²) in [6.07, 6.45) is 1.87. The number of allylic oxidation sites excluding steroid dienone is 1. The molecular formula is C11H12N2O5S. The van der Waals surface area contributed by atoms with Crippen molar-refractivity contribution in [2.75, 3.05) is 0 Å². The van der Waals surface area contributed by atoms with Crippen LogP contribution in [0.15, 0.2) is 41.8 Å². The average Bonchev–Trinajstić information content (AvgIpc) is 2.36. The van der Waals surface area contributed by atoms with Gasteiger partial charge in [0.05, 0.1) is 9.82 Å². The molecule has 1 rings (SSSR count). The van der Waals surface area contributed by atoms with Crippen LogP contribution in [0.4, 0.5) is 5.69 Å². The first-order chi connectivity index (χ1) is 8.86. The van der Waals surface area contributed by atoms with Crippen LogP contribution in [0.5, 0.6) is 0 Å². The van der Waals surface area contributed by atoms with E-state index in [2.05, 4.69) is 6.58 Å². The van der Waals surface area contributed by atoms with Gasteiger partial charge in [0.2, 0.25) is 5.91 Å². The van der Waals surface area contributed by atoms with Crippen LogP contribution in [0.1, 0.15) is 12.8 Å². The molecule has 0 unspecified atom stereocenters. The Morgan fingerprint density at radius 2 is 1.95 bits per heavy atom. The largest absolute Gasteiger partial charge is 0.274 e. The Morgan fingerprint density at radius 3 is 2.42 bits per heavy atom. The van der Waals surface area contributed by atoms with Gasteiger partial charge >= 0.3 is 0 Å². The molecule has 0 bridgehead atoms. The summed E-state index contributed by atoms with van der Waals surface area (Å²) in [5, 5.41) is 10.4. The first-order valence-corrected chi connectivity index (χ1v) is 6.76. The molecule has 0 aliphatic heterocycles. The van der Waals surface area contributed by atoms with Crippen LogP contribution in [0, 0.1) is 10.1 Å². The second-order valence-corrected chi connectivity index (χ2v) is 5.29. The number of benzene rings is 1. The van der Waals surface area contributed by atoms with Crippen LogP contribution < -0.4 is 4.72 Å². The molecule has 0 aromatic heterocycles. The van der Waals surface area contributed by atoms with Crippen molar-refractivity contribution in [3.05, 3.63) is 47.0 Å². The van der Waals surface area contributed by atoms with Gasteiger partial charge in [-0.1, -0.05) is 6.08 Å². The van der Waals surface area contributed by atoms with Gasteiger partial charge in [0, 0.05) is 18.6 Å². The molecule has 0 saturated heterocycles. The minimum absolute atomic E-state index is 0.00963. The summed E-state index contributed by atoms with van der Waals surface area (Å²) in [7, 11) is -3.99. The normalized spacial score (nSPS) is 10.7. The van der Waals surface area contributed by atoms with E-state index in [1.165, 1.54) is 6.08 Å². The predicted molar refractivity (Wildman–Crippen MR) is 67.9 cm³/mol. The number of nitrogens with one attached hydrogen (secondary N) is 1. The Morgan fingerprint density at radius 1 is 1.37 bits per heavy atom. The standard InChI is InChI=1S/C11H12N2O5S/c1-2-3-4-11(14)12-19(17,18)10-7-5-9(6-8-10)13(15)16/h2,5-8H,1,3-4H2,(H,12,14). The van der Waals surface area contributed by atoms with E-state index in [1.807, 2.05) is 4.72 Å². The summed E-state index contributed by atoms with van der Waals surface area (Å²) < 4.78 is 25.4. The maximum absolute atomic E-state index is 11.8. The molecule has 0 radical (unpaired) electrons. The third kappa shape index (κ3) is 4.18. The first kappa shape index (κ1) is 14.8. The zero-order valence-corrected chi connectivity index (χ0v) is 10.7. The van der Waals surface area contributed by atoms with Crippen LogP contribution in [0.25, 0.3) is 0 Å². The van der Waals surface area contributed by atoms with Crippen LogP contribution in [-0.4, -0.2) is 19.2 Å². The van der Waals surface area contributed by atoms with Gasteiger partial charge in [0.25, 0.3) is 15.7 Å². The van der Waals surface area contributed by atoms with Crippen molar-refractivity contribution < 1.29 is 18.1 Å². The van der Waals surface area contributed by atoms with Crippen molar-refractivity contribution in [3.8, 4) is 0 Å². The summed E-state index contributed by atoms with van der Waals surface area (Å²) in [6, 6.07) is 4.26. The molecule has 0 saturated carbocycles. The Bertz CT molecular complexity index is 592. The van der Waals surface area contributed by atoms with Crippen LogP contribution in [0.2, 0.25) is 0 Å². The maximum atomic E-state index is 11.8. The third-order valence-electron chi connectivity index (χ3n) is 2.18. The molecule has 19 heavy (non-hydrogen) atoms. The van der Waals surface area contributed by atoms with Gasteiger partial charge in [-0.25, -0.2) is 13.1 Å². The smallest absolute Gasteiger partial charge is 0.269 e. The highest BCUT2D eigenvalue weighted by atomic mass is 32.2. The number of carbonyl (C=O) groups is 1. The molecular weight excluding hydrogens is 272 g/mol. The Kier molecular flexibility index (Phi) is 4.76. The maximum Gasteiger partial charge on any atom is 0.269 e. The molecule has 0 aliphatic carbocycles. The molecule has 1 N–H and O–H groups in total. The van der Waals surface area contributed by atoms with Gasteiger partial charge in [0.1, 0.15) is 0 Å². The number of hydrogen-bond acceptors (Lipinski definition) is 5. The molecule has 1 amide bonds. The zero-order valence-electron chi connectivity index (χ0n) is 9.90. The number of nitro groups is 1. The highest BCUT2D eigenvalue weighted by molar-refractivity contribution is 7.90. The van der Waals surface area contributed by atoms with E-state index < -0.39 is 20.9 Å². The van der Waals surface area contributed by atoms with Gasteiger partial charge in [-0.2, -0.15) is 0 Å². The number of sulfonamides is 1. The summed E-state index contributed by atoms with van der Waals surface area (Å²) in [5.41, 5.74) is -0.225. The molecule has 0 aliphatic rings. The third-order valence-corrected chi connectivity index (χ3v) is 3.57. The molecule has 8 heteroatoms. The van der Waals surface area contributed by atoms with Crippen molar-refractivity contribution in [2.24, 2.45) is 0 Å². The molecule has 0 heterocycles. The van der Waals surface area contributed by atoms with Gasteiger partial charge in [0.15, 0.2) is 0 Å². The second kappa shape index (κ2) is 6.10. The highest BCUT2D eigenvalue weighted by Crippen LogP contribution is 2.15. The van der Waals surface area contributed by atoms with Crippen LogP contribution in [-0.2, 0) is 14.8 Å². The van der Waals surface area contributed by atoms with Crippen molar-refractivity contribution in [2.45, 2.75) is 17.7 Å². The lowest BCUT2D eigenvalue weighted by atomic mass is 10.3. The summed E-state index contributed by atoms with van der Waals surface area (Å²) in [5.74, 6) is -0.654. The van der Waals surface area contributed by atoms with E-state index in [-0.39, 0.29) is 17.0 Å². The Labute approximate surface area is 110 Å². The number of rotatable bonds is 6. The quantitative estimate of drug-likeness (QED) is 0.482. The first-order valence-electron chi connectivity index (χ1n) is 5.28. The Balaban J connectivity index is 2.85. The fraction of sp³-hybridized carbons (Fsp3) is 0.182. The minimum Gasteiger partial charge on any atom is -0.274 e. The SMILES string of the molecule is C=CCCC(=O)NS(=O)(=O)c1ccc([N+](=O)[O-])cc1. The van der Waals surface area contributed by atoms with Crippen molar-refractivity contribution in [1.29, 1.82) is 0 Å². The molecule has 1 aromatic rings. The van der Waals surface area contributed by atoms with E-state index in [0.29, 0.717) is 6.42 Å². The van der Waals surface area contributed by atoms with E-state index >= 15 is 0 Å². The second-order valence-electron chi connectivity index (χ2n) is 3.61. The fourth-order valence-electron chi connectivity index (χ4n) is 1.24. The number of amides is 1. The zero-order chi connectivity index (χ0) is 14.5. The number of non-ortho nitro benzene ring substituents is 1. The van der Waals surface area contributed by atoms with Gasteiger partial charge < -0.3 is 0 Å². The van der Waals surface area contributed by atoms with Gasteiger partial charge in [-0.3, -0.25) is 14.9 Å². The topological polar surface area (TPSA) is 106 Å². The number of carbonyl (C=O) groups excluding carboxylic acids is 1. The van der Waals surface area contributed by atoms with Crippen molar-refractivity contribution >= 4 is 21.6 Å². The van der Waals surface area contributed by atoms with Gasteiger partial charge in [-0.05, 0) is 18.6 Å². The number of nitrogens with zero attached hydrogens (tertiary/aromatic N) is 1. The highest BCUT2D eigenvalue weighted by Gasteiger charge is 2.18. The van der Waals surface area contributed by atoms with Crippen LogP contribution >= 0.6 is 0 Å². The van der Waals surface area contributed by atoms with Crippen molar-refractivity contribution in [3.63, 3.8) is 0 Å². The lowest BCUT2D eigenvalue weighted by Crippen LogP contribution is -2.30. The monoisotopic (exact) mass is 284 g/mol. The number of nitro benzene ring substituents is 1. The minimum atomic E-state index is -3.99. The lowest BCUT2D eigenvalue weighted by Gasteiger charge is -2.05. The van der Waals surface area contributed by atoms with Crippen LogP contribution in [0.3, 0.4) is 0 Å². The molecule has 0 fully saturated rings. The molecule has 1 aromatic carbocycles. The predicted octanol–water partition coefficient (Wildman–Crippen LogP) is 1.37. The fourth-order valence-corrected chi connectivity index (χ4v) is 2.25.